The number of benzene rings is 1. The first-order chi connectivity index (χ1) is 11.8. The van der Waals surface area contributed by atoms with E-state index >= 15 is 0 Å². The van der Waals surface area contributed by atoms with Gasteiger partial charge in [0.1, 0.15) is 0 Å². The number of nitrogens with zero attached hydrogens (tertiary/aromatic N) is 2. The Labute approximate surface area is 149 Å². The first kappa shape index (κ1) is 17.5. The Hall–Kier alpha value is -2.30. The number of carbonyl (C=O) groups excluding carboxylic acids is 2. The molecule has 1 aromatic carbocycles. The van der Waals surface area contributed by atoms with Crippen LogP contribution in [0.2, 0.25) is 0 Å². The van der Waals surface area contributed by atoms with Gasteiger partial charge >= 0.3 is 6.03 Å². The molecule has 0 fully saturated rings. The normalized spacial score (nSPS) is 21.6. The number of urea groups is 1. The van der Waals surface area contributed by atoms with E-state index in [1.807, 2.05) is 11.8 Å². The fraction of sp³-hybridized carbons (Fsp3) is 0.500. The molecule has 0 unspecified atom stereocenters. The molecule has 134 valence electrons. The van der Waals surface area contributed by atoms with E-state index in [2.05, 4.69) is 45.1 Å². The van der Waals surface area contributed by atoms with Crippen LogP contribution in [-0.2, 0) is 4.79 Å². The maximum Gasteiger partial charge on any atom is 0.322 e. The van der Waals surface area contributed by atoms with E-state index in [9.17, 15) is 9.59 Å². The monoisotopic (exact) mass is 341 g/mol. The highest BCUT2D eigenvalue weighted by atomic mass is 16.2. The van der Waals surface area contributed by atoms with Gasteiger partial charge in [-0.2, -0.15) is 0 Å². The van der Waals surface area contributed by atoms with E-state index in [-0.39, 0.29) is 24.0 Å². The largest absolute Gasteiger partial charge is 0.330 e. The second kappa shape index (κ2) is 6.21. The number of nitrogens with one attached hydrogen (secondary N) is 1. The Morgan fingerprint density at radius 1 is 1.16 bits per heavy atom. The van der Waals surface area contributed by atoms with Crippen molar-refractivity contribution in [3.05, 3.63) is 45.7 Å². The average Bonchev–Trinajstić information content (AvgIpc) is 2.92. The highest BCUT2D eigenvalue weighted by Crippen LogP contribution is 2.38. The smallest absolute Gasteiger partial charge is 0.322 e. The molecule has 3 rings (SSSR count). The number of hydrogen-bond acceptors (Lipinski definition) is 2. The molecule has 2 aliphatic rings. The minimum Gasteiger partial charge on any atom is -0.330 e. The van der Waals surface area contributed by atoms with Crippen molar-refractivity contribution in [3.8, 4) is 0 Å². The number of aryl methyl sites for hydroxylation is 3. The zero-order chi connectivity index (χ0) is 18.5. The molecule has 5 nitrogen and oxygen atoms in total. The van der Waals surface area contributed by atoms with Crippen molar-refractivity contribution >= 4 is 11.9 Å². The van der Waals surface area contributed by atoms with Crippen molar-refractivity contribution in [3.63, 3.8) is 0 Å². The summed E-state index contributed by atoms with van der Waals surface area (Å²) < 4.78 is 0. The molecule has 2 aliphatic heterocycles. The summed E-state index contributed by atoms with van der Waals surface area (Å²) in [7, 11) is 1.74. The van der Waals surface area contributed by atoms with Crippen LogP contribution >= 0.6 is 0 Å². The van der Waals surface area contributed by atoms with Crippen molar-refractivity contribution in [2.45, 2.75) is 53.1 Å². The lowest BCUT2D eigenvalue weighted by Crippen LogP contribution is -2.45. The van der Waals surface area contributed by atoms with Gasteiger partial charge in [0, 0.05) is 13.1 Å². The van der Waals surface area contributed by atoms with Gasteiger partial charge in [0.15, 0.2) is 0 Å². The lowest BCUT2D eigenvalue weighted by Gasteiger charge is -2.32. The quantitative estimate of drug-likeness (QED) is 0.918. The SMILES string of the molecule is CC[C@@H](C)N1CC2=C(C1=O)[C@@H](c1cc(C)c(C)cc1C)NC(=O)N2C. The molecule has 2 atom stereocenters. The second-order valence-corrected chi connectivity index (χ2v) is 7.29. The summed E-state index contributed by atoms with van der Waals surface area (Å²) in [5.74, 6) is 0.0406. The van der Waals surface area contributed by atoms with Crippen molar-refractivity contribution in [2.24, 2.45) is 0 Å². The maximum atomic E-state index is 13.1. The Balaban J connectivity index is 2.10. The number of rotatable bonds is 3. The van der Waals surface area contributed by atoms with Gasteiger partial charge in [-0.25, -0.2) is 4.79 Å². The van der Waals surface area contributed by atoms with Crippen LogP contribution in [0.15, 0.2) is 23.4 Å². The zero-order valence-corrected chi connectivity index (χ0v) is 15.9. The van der Waals surface area contributed by atoms with E-state index in [1.54, 1.807) is 11.9 Å². The van der Waals surface area contributed by atoms with Crippen LogP contribution in [0.5, 0.6) is 0 Å². The summed E-state index contributed by atoms with van der Waals surface area (Å²) in [6.07, 6.45) is 0.894. The fourth-order valence-electron chi connectivity index (χ4n) is 3.69. The third-order valence-electron chi connectivity index (χ3n) is 5.70. The summed E-state index contributed by atoms with van der Waals surface area (Å²) in [4.78, 5) is 29.1. The molecule has 25 heavy (non-hydrogen) atoms. The van der Waals surface area contributed by atoms with E-state index in [0.29, 0.717) is 12.1 Å². The summed E-state index contributed by atoms with van der Waals surface area (Å²) in [6, 6.07) is 3.86. The topological polar surface area (TPSA) is 52.7 Å². The molecule has 0 aromatic heterocycles. The molecule has 0 aliphatic carbocycles. The van der Waals surface area contributed by atoms with Gasteiger partial charge in [-0.15, -0.1) is 0 Å². The lowest BCUT2D eigenvalue weighted by molar-refractivity contribution is -0.127. The number of likely N-dealkylation sites (N-methyl/N-ethyl adjacent to an activating group) is 1. The molecule has 0 spiro atoms. The summed E-state index contributed by atoms with van der Waals surface area (Å²) in [5, 5.41) is 3.03. The van der Waals surface area contributed by atoms with Crippen molar-refractivity contribution in [2.75, 3.05) is 13.6 Å². The van der Waals surface area contributed by atoms with Crippen molar-refractivity contribution < 1.29 is 9.59 Å². The number of amides is 3. The van der Waals surface area contributed by atoms with E-state index in [1.165, 1.54) is 11.1 Å². The Morgan fingerprint density at radius 3 is 2.44 bits per heavy atom. The van der Waals surface area contributed by atoms with E-state index in [4.69, 9.17) is 0 Å². The van der Waals surface area contributed by atoms with Crippen LogP contribution in [0, 0.1) is 20.8 Å². The Morgan fingerprint density at radius 2 is 1.80 bits per heavy atom. The first-order valence-corrected chi connectivity index (χ1v) is 8.92. The molecule has 1 aromatic rings. The molecule has 2 heterocycles. The standard InChI is InChI=1S/C20H27N3O2/c1-7-14(5)23-10-16-17(19(23)24)18(21-20(25)22(16)6)15-9-12(3)11(2)8-13(15)4/h8-9,14,18H,7,10H2,1-6H3,(H,21,25)/t14-,18-/m1/s1. The summed E-state index contributed by atoms with van der Waals surface area (Å²) >= 11 is 0. The predicted molar refractivity (Wildman–Crippen MR) is 98.2 cm³/mol. The predicted octanol–water partition coefficient (Wildman–Crippen LogP) is 3.20. The number of carbonyl (C=O) groups is 2. The van der Waals surface area contributed by atoms with Gasteiger partial charge in [0.2, 0.25) is 0 Å². The third kappa shape index (κ3) is 2.71. The van der Waals surface area contributed by atoms with Crippen LogP contribution in [0.1, 0.15) is 48.6 Å². The Kier molecular flexibility index (Phi) is 4.35. The van der Waals surface area contributed by atoms with Gasteiger partial charge in [-0.3, -0.25) is 9.69 Å². The summed E-state index contributed by atoms with van der Waals surface area (Å²) in [6.45, 7) is 10.8. The Bertz CT molecular complexity index is 781. The van der Waals surface area contributed by atoms with Crippen LogP contribution < -0.4 is 5.32 Å². The zero-order valence-electron chi connectivity index (χ0n) is 15.9. The third-order valence-corrected chi connectivity index (χ3v) is 5.70. The van der Waals surface area contributed by atoms with Gasteiger partial charge in [-0.1, -0.05) is 19.1 Å². The van der Waals surface area contributed by atoms with E-state index in [0.717, 1.165) is 23.2 Å². The molecule has 0 saturated carbocycles. The first-order valence-electron chi connectivity index (χ1n) is 8.92. The van der Waals surface area contributed by atoms with Crippen molar-refractivity contribution in [1.82, 2.24) is 15.1 Å². The van der Waals surface area contributed by atoms with Gasteiger partial charge < -0.3 is 10.2 Å². The van der Waals surface area contributed by atoms with Gasteiger partial charge in [-0.05, 0) is 56.4 Å². The second-order valence-electron chi connectivity index (χ2n) is 7.29. The van der Waals surface area contributed by atoms with Gasteiger partial charge in [0.25, 0.3) is 5.91 Å². The molecule has 0 bridgehead atoms. The lowest BCUT2D eigenvalue weighted by atomic mass is 9.90. The highest BCUT2D eigenvalue weighted by Gasteiger charge is 2.44. The molecular formula is C20H27N3O2. The minimum atomic E-state index is -0.375. The van der Waals surface area contributed by atoms with Crippen LogP contribution in [0.3, 0.4) is 0 Å². The molecule has 3 amide bonds. The maximum absolute atomic E-state index is 13.1. The van der Waals surface area contributed by atoms with Crippen LogP contribution in [0.25, 0.3) is 0 Å². The molecule has 0 saturated heterocycles. The van der Waals surface area contributed by atoms with Crippen LogP contribution in [0.4, 0.5) is 4.79 Å². The highest BCUT2D eigenvalue weighted by molar-refractivity contribution is 6.01. The minimum absolute atomic E-state index is 0.0406. The fourth-order valence-corrected chi connectivity index (χ4v) is 3.69. The van der Waals surface area contributed by atoms with Crippen molar-refractivity contribution in [1.29, 1.82) is 0 Å². The molecule has 0 radical (unpaired) electrons. The molecule has 5 heteroatoms. The average molecular weight is 341 g/mol. The molecule has 1 N–H and O–H groups in total. The van der Waals surface area contributed by atoms with Crippen LogP contribution in [-0.4, -0.2) is 41.4 Å². The van der Waals surface area contributed by atoms with Gasteiger partial charge in [0.05, 0.1) is 23.9 Å². The molecular weight excluding hydrogens is 314 g/mol. The number of hydrogen-bond donors (Lipinski definition) is 1. The summed E-state index contributed by atoms with van der Waals surface area (Å²) in [5.41, 5.74) is 6.04. The van der Waals surface area contributed by atoms with E-state index < -0.39 is 0 Å².